The third kappa shape index (κ3) is 12.7. The lowest BCUT2D eigenvalue weighted by atomic mass is 9.84. The number of fused-ring (bicyclic) bond motifs is 2. The number of benzene rings is 2. The van der Waals surface area contributed by atoms with Crippen LogP contribution in [-0.4, -0.2) is 109 Å². The molecule has 3 aliphatic rings. The van der Waals surface area contributed by atoms with Crippen molar-refractivity contribution in [3.8, 4) is 22.4 Å². The molecule has 0 radical (unpaired) electrons. The number of carbonyl (C=O) groups excluding carboxylic acids is 4. The van der Waals surface area contributed by atoms with Gasteiger partial charge in [-0.2, -0.15) is 0 Å². The molecule has 7 rings (SSSR count). The summed E-state index contributed by atoms with van der Waals surface area (Å²) in [6, 6.07) is 10.8. The van der Waals surface area contributed by atoms with Crippen molar-refractivity contribution < 1.29 is 46.9 Å². The number of aromatic nitrogens is 2. The molecule has 15 nitrogen and oxygen atoms in total. The zero-order chi connectivity index (χ0) is 50.5. The van der Waals surface area contributed by atoms with Crippen LogP contribution in [0.15, 0.2) is 48.7 Å². The van der Waals surface area contributed by atoms with Crippen LogP contribution >= 0.6 is 0 Å². The number of hydrogen-bond donors (Lipinski definition) is 3. The number of carbonyl (C=O) groups is 4. The Labute approximate surface area is 410 Å². The summed E-state index contributed by atoms with van der Waals surface area (Å²) < 4.78 is 54.4. The number of nitrogens with zero attached hydrogens (tertiary/aromatic N) is 4. The summed E-state index contributed by atoms with van der Waals surface area (Å²) in [5.41, 5.74) is 10.9. The number of halogens is 2. The Hall–Kier alpha value is -5.49. The second-order valence-corrected chi connectivity index (χ2v) is 20.7. The number of pyridine rings is 1. The first-order valence-electron chi connectivity index (χ1n) is 24.7. The van der Waals surface area contributed by atoms with E-state index in [1.165, 1.54) is 38.3 Å². The zero-order valence-corrected chi connectivity index (χ0v) is 42.2. The van der Waals surface area contributed by atoms with Crippen LogP contribution in [0, 0.1) is 5.41 Å². The summed E-state index contributed by atoms with van der Waals surface area (Å²) in [7, 11) is 1.67. The number of amides is 1. The molecule has 3 fully saturated rings. The van der Waals surface area contributed by atoms with Gasteiger partial charge in [-0.25, -0.2) is 28.6 Å². The number of rotatable bonds is 16. The lowest BCUT2D eigenvalue weighted by Crippen LogP contribution is -2.54. The Morgan fingerprint density at radius 1 is 0.957 bits per heavy atom. The predicted octanol–water partition coefficient (Wildman–Crippen LogP) is 8.60. The maximum Gasteiger partial charge on any atom is 0.408 e. The standard InChI is InChI=1S/C53H71F2N7O8/c1-10-62-45-17-16-35(36-22-34(23-37(25-36)48(54)55)24-44(58-51(66)70-52(4,5)6)50(65)69-49(64)43-15-13-18-57-59-43)26-40(45)42(28-53(7,8)31-68-33(3)63)47(62)41-27-39(29-56-46(41)32(2)67-9)61-21-20-60-19-12-11-14-38(60)30-61/h16-17,22-23,25-27,29,32,38,43-44,48,57,59H,10-15,18-21,24,28,30-31H2,1-9H3,(H,58,66)/t32-,38+,43?,44-/m0/s1. The average molecular weight is 972 g/mol. The Morgan fingerprint density at radius 3 is 2.43 bits per heavy atom. The van der Waals surface area contributed by atoms with Crippen LogP contribution < -0.4 is 21.1 Å². The Balaban J connectivity index is 1.34. The van der Waals surface area contributed by atoms with Crippen molar-refractivity contribution in [1.29, 1.82) is 0 Å². The molecule has 380 valence electrons. The first-order valence-corrected chi connectivity index (χ1v) is 24.7. The molecule has 0 bridgehead atoms. The van der Waals surface area contributed by atoms with E-state index in [9.17, 15) is 28.0 Å². The molecule has 3 saturated heterocycles. The molecule has 4 aromatic rings. The number of methoxy groups -OCH3 is 1. The van der Waals surface area contributed by atoms with Crippen molar-refractivity contribution >= 4 is 40.6 Å². The fourth-order valence-electron chi connectivity index (χ4n) is 9.99. The molecular formula is C53H71F2N7O8. The van der Waals surface area contributed by atoms with Gasteiger partial charge < -0.3 is 33.7 Å². The minimum absolute atomic E-state index is 0.159. The first kappa shape index (κ1) is 52.3. The molecule has 3 N–H and O–H groups in total. The van der Waals surface area contributed by atoms with Crippen molar-refractivity contribution in [1.82, 2.24) is 30.6 Å². The lowest BCUT2D eigenvalue weighted by molar-refractivity contribution is -0.163. The van der Waals surface area contributed by atoms with E-state index in [1.54, 1.807) is 33.9 Å². The molecule has 0 spiro atoms. The Morgan fingerprint density at radius 2 is 1.74 bits per heavy atom. The van der Waals surface area contributed by atoms with Gasteiger partial charge in [0.25, 0.3) is 6.43 Å². The fourth-order valence-corrected chi connectivity index (χ4v) is 9.99. The van der Waals surface area contributed by atoms with E-state index < -0.39 is 47.6 Å². The van der Waals surface area contributed by atoms with Crippen molar-refractivity contribution in [3.63, 3.8) is 0 Å². The van der Waals surface area contributed by atoms with Crippen molar-refractivity contribution in [2.75, 3.05) is 51.3 Å². The van der Waals surface area contributed by atoms with Gasteiger partial charge in [0.2, 0.25) is 0 Å². The van der Waals surface area contributed by atoms with Crippen LogP contribution in [0.5, 0.6) is 0 Å². The van der Waals surface area contributed by atoms with Crippen molar-refractivity contribution in [2.24, 2.45) is 5.41 Å². The molecule has 3 aliphatic heterocycles. The molecule has 4 atom stereocenters. The third-order valence-corrected chi connectivity index (χ3v) is 13.5. The van der Waals surface area contributed by atoms with E-state index in [0.29, 0.717) is 55.1 Å². The maximum absolute atomic E-state index is 14.9. The predicted molar refractivity (Wildman–Crippen MR) is 264 cm³/mol. The molecule has 0 aliphatic carbocycles. The largest absolute Gasteiger partial charge is 0.465 e. The van der Waals surface area contributed by atoms with E-state index >= 15 is 0 Å². The molecule has 70 heavy (non-hydrogen) atoms. The Kier molecular flexibility index (Phi) is 16.7. The number of alkyl carbamates (subject to hydrolysis) is 1. The van der Waals surface area contributed by atoms with E-state index in [1.807, 2.05) is 31.3 Å². The summed E-state index contributed by atoms with van der Waals surface area (Å²) in [4.78, 5) is 62.3. The topological polar surface area (TPSA) is 166 Å². The number of piperidine rings is 1. The molecule has 5 heterocycles. The average Bonchev–Trinajstić information content (AvgIpc) is 3.63. The molecule has 17 heteroatoms. The summed E-state index contributed by atoms with van der Waals surface area (Å²) in [6.45, 7) is 19.8. The highest BCUT2D eigenvalue weighted by molar-refractivity contribution is 5.96. The molecule has 0 saturated carbocycles. The SMILES string of the molecule is CCn1c(-c2cc(N3CCN4CCCC[C@@H]4C3)cnc2[C@H](C)OC)c(CC(C)(C)COC(C)=O)c2cc(-c3cc(C[C@H](NC(=O)OC(C)(C)C)C(=O)OC(=O)C4CCCNN4)cc(C(F)F)c3)ccc21. The molecule has 1 unspecified atom stereocenters. The minimum Gasteiger partial charge on any atom is -0.465 e. The van der Waals surface area contributed by atoms with Gasteiger partial charge in [-0.05, 0) is 120 Å². The number of esters is 3. The van der Waals surface area contributed by atoms with Gasteiger partial charge in [-0.1, -0.05) is 38.5 Å². The number of alkyl halides is 2. The fraction of sp³-hybridized carbons (Fsp3) is 0.566. The highest BCUT2D eigenvalue weighted by Crippen LogP contribution is 2.43. The zero-order valence-electron chi connectivity index (χ0n) is 42.2. The molecule has 1 amide bonds. The molecule has 2 aromatic heterocycles. The second-order valence-electron chi connectivity index (χ2n) is 20.7. The number of hydrazine groups is 1. The van der Waals surface area contributed by atoms with E-state index in [4.69, 9.17) is 23.9 Å². The van der Waals surface area contributed by atoms with Crippen LogP contribution in [0.4, 0.5) is 19.3 Å². The Bertz CT molecular complexity index is 2530. The number of nitrogens with one attached hydrogen (secondary N) is 3. The van der Waals surface area contributed by atoms with Crippen LogP contribution in [-0.2, 0) is 52.7 Å². The lowest BCUT2D eigenvalue weighted by Gasteiger charge is -2.45. The smallest absolute Gasteiger partial charge is 0.408 e. The van der Waals surface area contributed by atoms with E-state index in [-0.39, 0.29) is 30.7 Å². The van der Waals surface area contributed by atoms with Gasteiger partial charge >= 0.3 is 24.0 Å². The summed E-state index contributed by atoms with van der Waals surface area (Å²) in [5.74, 6) is -2.27. The summed E-state index contributed by atoms with van der Waals surface area (Å²) in [6.07, 6.45) is 2.68. The van der Waals surface area contributed by atoms with Gasteiger partial charge in [0.05, 0.1) is 36.0 Å². The highest BCUT2D eigenvalue weighted by Gasteiger charge is 2.34. The van der Waals surface area contributed by atoms with Gasteiger partial charge in [0, 0.05) is 86.7 Å². The van der Waals surface area contributed by atoms with Gasteiger partial charge in [-0.15, -0.1) is 0 Å². The minimum atomic E-state index is -2.88. The van der Waals surface area contributed by atoms with Crippen LogP contribution in [0.3, 0.4) is 0 Å². The van der Waals surface area contributed by atoms with Crippen LogP contribution in [0.1, 0.15) is 122 Å². The van der Waals surface area contributed by atoms with Gasteiger partial charge in [0.15, 0.2) is 0 Å². The van der Waals surface area contributed by atoms with E-state index in [2.05, 4.69) is 57.4 Å². The third-order valence-electron chi connectivity index (χ3n) is 13.5. The number of anilines is 1. The summed E-state index contributed by atoms with van der Waals surface area (Å²) >= 11 is 0. The van der Waals surface area contributed by atoms with Crippen molar-refractivity contribution in [2.45, 2.75) is 143 Å². The van der Waals surface area contributed by atoms with Crippen LogP contribution in [0.2, 0.25) is 0 Å². The molecular weight excluding hydrogens is 901 g/mol. The highest BCUT2D eigenvalue weighted by atomic mass is 19.3. The van der Waals surface area contributed by atoms with E-state index in [0.717, 1.165) is 65.3 Å². The van der Waals surface area contributed by atoms with Crippen LogP contribution in [0.25, 0.3) is 33.3 Å². The number of hydrogen-bond acceptors (Lipinski definition) is 13. The maximum atomic E-state index is 14.9. The van der Waals surface area contributed by atoms with Gasteiger partial charge in [0.1, 0.15) is 17.7 Å². The number of ether oxygens (including phenoxy) is 4. The normalized spacial score (nSPS) is 18.8. The number of piperazine rings is 1. The monoisotopic (exact) mass is 972 g/mol. The number of aryl methyl sites for hydroxylation is 1. The first-order chi connectivity index (χ1) is 33.2. The summed E-state index contributed by atoms with van der Waals surface area (Å²) in [5, 5.41) is 3.41. The van der Waals surface area contributed by atoms with Gasteiger partial charge in [-0.3, -0.25) is 20.1 Å². The second kappa shape index (κ2) is 22.3. The molecule has 2 aromatic carbocycles. The quantitative estimate of drug-likeness (QED) is 0.0556. The van der Waals surface area contributed by atoms with Crippen molar-refractivity contribution in [3.05, 3.63) is 71.0 Å².